The fraction of sp³-hybridized carbons (Fsp3) is 0.0400. The van der Waals surface area contributed by atoms with E-state index in [9.17, 15) is 27.9 Å². The second kappa shape index (κ2) is 8.89. The Labute approximate surface area is 210 Å². The maximum atomic E-state index is 13.7. The predicted octanol–water partition coefficient (Wildman–Crippen LogP) is 6.89. The third-order valence-electron chi connectivity index (χ3n) is 5.53. The fourth-order valence-electron chi connectivity index (χ4n) is 3.85. The zero-order valence-corrected chi connectivity index (χ0v) is 19.5. The largest absolute Gasteiger partial charge is 0.478 e. The number of aromatic nitrogens is 3. The first-order valence-corrected chi connectivity index (χ1v) is 11.6. The summed E-state index contributed by atoms with van der Waals surface area (Å²) in [5, 5.41) is 13.7. The molecule has 5 rings (SSSR count). The lowest BCUT2D eigenvalue weighted by Gasteiger charge is -2.13. The van der Waals surface area contributed by atoms with Crippen LogP contribution in [0.4, 0.5) is 13.2 Å². The van der Waals surface area contributed by atoms with Crippen LogP contribution in [0, 0.1) is 0 Å². The minimum Gasteiger partial charge on any atom is -0.478 e. The summed E-state index contributed by atoms with van der Waals surface area (Å²) < 4.78 is 42.1. The van der Waals surface area contributed by atoms with Gasteiger partial charge in [0.25, 0.3) is 5.91 Å². The molecule has 5 aromatic rings. The Hall–Kier alpha value is -4.02. The molecule has 6 nitrogen and oxygen atoms in total. The molecular weight excluding hydrogens is 515 g/mol. The van der Waals surface area contributed by atoms with Crippen molar-refractivity contribution >= 4 is 45.7 Å². The van der Waals surface area contributed by atoms with Crippen LogP contribution in [0.15, 0.2) is 72.4 Å². The molecule has 2 aromatic heterocycles. The predicted molar refractivity (Wildman–Crippen MR) is 129 cm³/mol. The van der Waals surface area contributed by atoms with Crippen LogP contribution in [0.1, 0.15) is 26.3 Å². The van der Waals surface area contributed by atoms with Gasteiger partial charge in [0.1, 0.15) is 5.69 Å². The molecular formula is C25H13ClF3N3O3S. The maximum absolute atomic E-state index is 13.7. The molecule has 180 valence electrons. The monoisotopic (exact) mass is 527 g/mol. The number of carboxylic acid groups (broad SMARTS) is 1. The van der Waals surface area contributed by atoms with Gasteiger partial charge in [0.05, 0.1) is 37.6 Å². The molecule has 0 amide bonds. The van der Waals surface area contributed by atoms with Gasteiger partial charge in [-0.3, -0.25) is 9.78 Å². The Morgan fingerprint density at radius 2 is 1.72 bits per heavy atom. The highest BCUT2D eigenvalue weighted by Crippen LogP contribution is 2.37. The Kier molecular flexibility index (Phi) is 5.85. The van der Waals surface area contributed by atoms with Crippen LogP contribution < -0.4 is 0 Å². The smallest absolute Gasteiger partial charge is 0.417 e. The lowest BCUT2D eigenvalue weighted by atomic mass is 10.0. The Balaban J connectivity index is 1.75. The standard InChI is InChI=1S/C25H13ClF3N3O3S/c26-18-3-1-2-17(25(27,28)29)21(18)23(33)32-19-10-15(20-11-30-12-36-20)8-9-16(19)22(31-32)13-4-6-14(7-5-13)24(34)35/h1-12H,(H,34,35). The molecule has 0 fully saturated rings. The zero-order chi connectivity index (χ0) is 25.6. The number of carbonyl (C=O) groups excluding carboxylic acids is 1. The van der Waals surface area contributed by atoms with E-state index in [2.05, 4.69) is 10.1 Å². The molecule has 11 heteroatoms. The lowest BCUT2D eigenvalue weighted by Crippen LogP contribution is -2.20. The third-order valence-corrected chi connectivity index (χ3v) is 6.67. The maximum Gasteiger partial charge on any atom is 0.417 e. The van der Waals surface area contributed by atoms with Gasteiger partial charge in [-0.25, -0.2) is 4.79 Å². The number of hydrogen-bond acceptors (Lipinski definition) is 5. The lowest BCUT2D eigenvalue weighted by molar-refractivity contribution is -0.137. The molecule has 1 N–H and O–H groups in total. The van der Waals surface area contributed by atoms with Crippen molar-refractivity contribution in [1.29, 1.82) is 0 Å². The number of hydrogen-bond donors (Lipinski definition) is 1. The summed E-state index contributed by atoms with van der Waals surface area (Å²) in [6.07, 6.45) is -3.18. The van der Waals surface area contributed by atoms with Crippen molar-refractivity contribution in [3.8, 4) is 21.7 Å². The van der Waals surface area contributed by atoms with Crippen LogP contribution in [-0.4, -0.2) is 31.7 Å². The van der Waals surface area contributed by atoms with Gasteiger partial charge in [-0.1, -0.05) is 35.9 Å². The molecule has 0 radical (unpaired) electrons. The SMILES string of the molecule is O=C(O)c1ccc(-c2nn(C(=O)c3c(Cl)cccc3C(F)(F)F)c3cc(-c4cncs4)ccc23)cc1. The molecule has 0 unspecified atom stereocenters. The minimum atomic E-state index is -4.82. The van der Waals surface area contributed by atoms with Crippen molar-refractivity contribution < 1.29 is 27.9 Å². The molecule has 36 heavy (non-hydrogen) atoms. The quantitative estimate of drug-likeness (QED) is 0.275. The number of fused-ring (bicyclic) bond motifs is 1. The van der Waals surface area contributed by atoms with Crippen LogP contribution in [0.3, 0.4) is 0 Å². The summed E-state index contributed by atoms with van der Waals surface area (Å²) >= 11 is 7.45. The first kappa shape index (κ1) is 23.7. The molecule has 0 spiro atoms. The summed E-state index contributed by atoms with van der Waals surface area (Å²) in [5.41, 5.74) is 1.54. The first-order valence-electron chi connectivity index (χ1n) is 10.3. The van der Waals surface area contributed by atoms with Crippen LogP contribution in [0.25, 0.3) is 32.6 Å². The molecule has 2 heterocycles. The van der Waals surface area contributed by atoms with E-state index < -0.39 is 29.2 Å². The van der Waals surface area contributed by atoms with Crippen molar-refractivity contribution in [3.05, 3.63) is 94.1 Å². The highest BCUT2D eigenvalue weighted by molar-refractivity contribution is 7.13. The van der Waals surface area contributed by atoms with Gasteiger partial charge in [0, 0.05) is 17.1 Å². The number of nitrogens with zero attached hydrogens (tertiary/aromatic N) is 3. The zero-order valence-electron chi connectivity index (χ0n) is 18.0. The number of aromatic carboxylic acids is 1. The van der Waals surface area contributed by atoms with Crippen molar-refractivity contribution in [2.45, 2.75) is 6.18 Å². The van der Waals surface area contributed by atoms with Gasteiger partial charge in [0.2, 0.25) is 0 Å². The Morgan fingerprint density at radius 1 is 1.00 bits per heavy atom. The molecule has 0 aliphatic heterocycles. The fourth-order valence-corrected chi connectivity index (χ4v) is 4.72. The van der Waals surface area contributed by atoms with Gasteiger partial charge in [-0.15, -0.1) is 11.3 Å². The average molecular weight is 528 g/mol. The number of carbonyl (C=O) groups is 2. The van der Waals surface area contributed by atoms with E-state index in [0.717, 1.165) is 21.7 Å². The van der Waals surface area contributed by atoms with Crippen LogP contribution in [-0.2, 0) is 6.18 Å². The number of alkyl halides is 3. The van der Waals surface area contributed by atoms with Gasteiger partial charge < -0.3 is 5.11 Å². The van der Waals surface area contributed by atoms with Gasteiger partial charge in [-0.05, 0) is 42.0 Å². The number of benzene rings is 3. The van der Waals surface area contributed by atoms with Crippen LogP contribution >= 0.6 is 22.9 Å². The highest BCUT2D eigenvalue weighted by Gasteiger charge is 2.37. The molecule has 0 saturated carbocycles. The molecule has 0 aliphatic rings. The van der Waals surface area contributed by atoms with E-state index in [1.807, 2.05) is 0 Å². The van der Waals surface area contributed by atoms with Crippen molar-refractivity contribution in [2.75, 3.05) is 0 Å². The normalized spacial score (nSPS) is 11.7. The van der Waals surface area contributed by atoms with E-state index in [1.54, 1.807) is 29.9 Å². The van der Waals surface area contributed by atoms with E-state index in [1.165, 1.54) is 41.7 Å². The van der Waals surface area contributed by atoms with Crippen LogP contribution in [0.2, 0.25) is 5.02 Å². The highest BCUT2D eigenvalue weighted by atomic mass is 35.5. The average Bonchev–Trinajstić information content (AvgIpc) is 3.51. The molecule has 0 bridgehead atoms. The van der Waals surface area contributed by atoms with Gasteiger partial charge in [-0.2, -0.15) is 23.0 Å². The topological polar surface area (TPSA) is 85.1 Å². The number of thiazole rings is 1. The van der Waals surface area contributed by atoms with Crippen LogP contribution in [0.5, 0.6) is 0 Å². The Morgan fingerprint density at radius 3 is 2.36 bits per heavy atom. The third kappa shape index (κ3) is 4.14. The Bertz CT molecular complexity index is 1630. The summed E-state index contributed by atoms with van der Waals surface area (Å²) in [7, 11) is 0. The van der Waals surface area contributed by atoms with Crippen molar-refractivity contribution in [2.24, 2.45) is 0 Å². The first-order chi connectivity index (χ1) is 17.1. The van der Waals surface area contributed by atoms with Gasteiger partial charge in [0.15, 0.2) is 0 Å². The summed E-state index contributed by atoms with van der Waals surface area (Å²) in [5.74, 6) is -2.16. The molecule has 0 saturated heterocycles. The number of carboxylic acids is 1. The van der Waals surface area contributed by atoms with Crippen molar-refractivity contribution in [1.82, 2.24) is 14.8 Å². The van der Waals surface area contributed by atoms with Crippen molar-refractivity contribution in [3.63, 3.8) is 0 Å². The van der Waals surface area contributed by atoms with E-state index in [4.69, 9.17) is 11.6 Å². The molecule has 0 atom stereocenters. The van der Waals surface area contributed by atoms with Gasteiger partial charge >= 0.3 is 12.1 Å². The minimum absolute atomic E-state index is 0.0527. The number of halogens is 4. The summed E-state index contributed by atoms with van der Waals surface area (Å²) in [6, 6.07) is 14.1. The van der Waals surface area contributed by atoms with E-state index in [0.29, 0.717) is 22.2 Å². The molecule has 0 aliphatic carbocycles. The van der Waals surface area contributed by atoms with E-state index >= 15 is 0 Å². The van der Waals surface area contributed by atoms with E-state index in [-0.39, 0.29) is 16.1 Å². The number of rotatable bonds is 4. The summed E-state index contributed by atoms with van der Waals surface area (Å²) in [4.78, 5) is 29.6. The second-order valence-electron chi connectivity index (χ2n) is 7.71. The molecule has 3 aromatic carbocycles. The summed E-state index contributed by atoms with van der Waals surface area (Å²) in [6.45, 7) is 0. The second-order valence-corrected chi connectivity index (χ2v) is 9.00.